The second-order valence-corrected chi connectivity index (χ2v) is 11.0. The first-order valence-electron chi connectivity index (χ1n) is 10.8. The largest absolute Gasteiger partial charge is 0.476 e. The molecule has 1 unspecified atom stereocenters. The summed E-state index contributed by atoms with van der Waals surface area (Å²) in [5, 5.41) is 2.61. The Morgan fingerprint density at radius 2 is 2.18 bits per heavy atom. The van der Waals surface area contributed by atoms with Crippen LogP contribution in [0.3, 0.4) is 0 Å². The van der Waals surface area contributed by atoms with Gasteiger partial charge in [-0.15, -0.1) is 11.6 Å². The van der Waals surface area contributed by atoms with Gasteiger partial charge in [0.25, 0.3) is 0 Å². The summed E-state index contributed by atoms with van der Waals surface area (Å²) in [6.45, 7) is 8.74. The lowest BCUT2D eigenvalue weighted by Crippen LogP contribution is -2.47. The molecule has 188 valence electrons. The number of aromatic nitrogens is 4. The van der Waals surface area contributed by atoms with Crippen LogP contribution in [-0.4, -0.2) is 67.9 Å². The van der Waals surface area contributed by atoms with E-state index in [-0.39, 0.29) is 24.5 Å². The number of carbonyl (C=O) groups is 1. The molecule has 2 aromatic rings. The number of rotatable bonds is 7. The number of halogens is 1. The molecule has 2 aliphatic rings. The molecule has 15 heteroatoms. The van der Waals surface area contributed by atoms with Gasteiger partial charge in [-0.05, 0) is 34.6 Å². The molecule has 0 radical (unpaired) electrons. The maximum Gasteiger partial charge on any atom is 0.406 e. The van der Waals surface area contributed by atoms with Crippen molar-refractivity contribution in [1.82, 2.24) is 24.6 Å². The van der Waals surface area contributed by atoms with Crippen molar-refractivity contribution in [1.29, 1.82) is 0 Å². The van der Waals surface area contributed by atoms with Crippen LogP contribution in [0.4, 0.5) is 5.95 Å². The predicted octanol–water partition coefficient (Wildman–Crippen LogP) is 2.16. The first-order chi connectivity index (χ1) is 15.9. The molecule has 0 bridgehead atoms. The van der Waals surface area contributed by atoms with Crippen LogP contribution in [0.1, 0.15) is 40.8 Å². The molecule has 4 rings (SSSR count). The van der Waals surface area contributed by atoms with Gasteiger partial charge in [0.1, 0.15) is 23.1 Å². The van der Waals surface area contributed by atoms with Crippen LogP contribution < -0.4 is 15.6 Å². The number of alkyl halides is 1. The van der Waals surface area contributed by atoms with E-state index in [1.54, 1.807) is 25.3 Å². The van der Waals surface area contributed by atoms with E-state index in [2.05, 4.69) is 20.0 Å². The van der Waals surface area contributed by atoms with Crippen LogP contribution >= 0.6 is 19.3 Å². The highest BCUT2D eigenvalue weighted by Crippen LogP contribution is 2.57. The smallest absolute Gasteiger partial charge is 0.406 e. The Labute approximate surface area is 201 Å². The second-order valence-electron chi connectivity index (χ2n) is 8.48. The minimum atomic E-state index is -3.90. The van der Waals surface area contributed by atoms with Gasteiger partial charge in [-0.25, -0.2) is 14.6 Å². The van der Waals surface area contributed by atoms with Gasteiger partial charge < -0.3 is 19.9 Å². The lowest BCUT2D eigenvalue weighted by molar-refractivity contribution is -0.149. The number of carbonyl (C=O) groups excluding carboxylic acids is 1. The zero-order valence-electron chi connectivity index (χ0n) is 19.4. The van der Waals surface area contributed by atoms with Crippen LogP contribution in [0.2, 0.25) is 0 Å². The Balaban J connectivity index is 1.58. The summed E-state index contributed by atoms with van der Waals surface area (Å²) < 4.78 is 42.9. The fourth-order valence-electron chi connectivity index (χ4n) is 3.87. The van der Waals surface area contributed by atoms with Crippen LogP contribution in [0, 0.1) is 0 Å². The fourth-order valence-corrected chi connectivity index (χ4v) is 6.04. The third kappa shape index (κ3) is 4.60. The van der Waals surface area contributed by atoms with E-state index in [0.717, 1.165) is 0 Å². The SMILES string of the molecule is CCOc1nc(N)nc2c1ncn2[C@@H]1O[C@@H]2COP(=O)(N[C@H](C)C(=O)OC(C)C)O[C@H]2[C@@]1(C)Cl. The summed E-state index contributed by atoms with van der Waals surface area (Å²) in [5.41, 5.74) is 6.61. The minimum Gasteiger partial charge on any atom is -0.476 e. The van der Waals surface area contributed by atoms with E-state index in [1.165, 1.54) is 13.3 Å². The van der Waals surface area contributed by atoms with Crippen molar-refractivity contribution >= 4 is 42.4 Å². The average Bonchev–Trinajstić information content (AvgIpc) is 3.25. The number of imidazole rings is 1. The molecular weight excluding hydrogens is 491 g/mol. The van der Waals surface area contributed by atoms with Gasteiger partial charge in [-0.2, -0.15) is 9.97 Å². The second kappa shape index (κ2) is 9.21. The van der Waals surface area contributed by atoms with Crippen LogP contribution in [0.15, 0.2) is 6.33 Å². The van der Waals surface area contributed by atoms with Gasteiger partial charge in [0.05, 0.1) is 25.6 Å². The molecule has 3 N–H and O–H groups in total. The van der Waals surface area contributed by atoms with Crippen molar-refractivity contribution in [3.05, 3.63) is 6.33 Å². The molecule has 0 aromatic carbocycles. The minimum absolute atomic E-state index is 0.0000513. The van der Waals surface area contributed by atoms with Crippen molar-refractivity contribution in [3.63, 3.8) is 0 Å². The quantitative estimate of drug-likeness (QED) is 0.312. The third-order valence-electron chi connectivity index (χ3n) is 5.34. The number of fused-ring (bicyclic) bond motifs is 2. The maximum absolute atomic E-state index is 13.3. The number of nitrogens with one attached hydrogen (secondary N) is 1. The molecule has 2 fully saturated rings. The first-order valence-corrected chi connectivity index (χ1v) is 12.8. The van der Waals surface area contributed by atoms with Gasteiger partial charge >= 0.3 is 13.7 Å². The zero-order valence-corrected chi connectivity index (χ0v) is 21.1. The van der Waals surface area contributed by atoms with Gasteiger partial charge in [0, 0.05) is 0 Å². The summed E-state index contributed by atoms with van der Waals surface area (Å²) in [4.78, 5) is 23.6. The van der Waals surface area contributed by atoms with Gasteiger partial charge in [-0.1, -0.05) is 0 Å². The Morgan fingerprint density at radius 3 is 2.85 bits per heavy atom. The van der Waals surface area contributed by atoms with Gasteiger partial charge in [-0.3, -0.25) is 18.4 Å². The van der Waals surface area contributed by atoms with E-state index in [9.17, 15) is 9.36 Å². The van der Waals surface area contributed by atoms with Gasteiger partial charge in [0.2, 0.25) is 11.8 Å². The van der Waals surface area contributed by atoms with E-state index >= 15 is 0 Å². The number of hydrogen-bond acceptors (Lipinski definition) is 11. The van der Waals surface area contributed by atoms with Crippen molar-refractivity contribution in [2.45, 2.75) is 70.1 Å². The van der Waals surface area contributed by atoms with Crippen molar-refractivity contribution in [2.75, 3.05) is 18.9 Å². The molecule has 6 atom stereocenters. The monoisotopic (exact) mass is 518 g/mol. The Bertz CT molecular complexity index is 1130. The maximum atomic E-state index is 13.3. The van der Waals surface area contributed by atoms with E-state index in [4.69, 9.17) is 40.6 Å². The zero-order chi connectivity index (χ0) is 24.8. The summed E-state index contributed by atoms with van der Waals surface area (Å²) in [6, 6.07) is -0.932. The number of anilines is 1. The van der Waals surface area contributed by atoms with E-state index in [1.807, 2.05) is 6.92 Å². The number of esters is 1. The summed E-state index contributed by atoms with van der Waals surface area (Å²) in [7, 11) is -3.90. The molecule has 13 nitrogen and oxygen atoms in total. The van der Waals surface area contributed by atoms with Crippen molar-refractivity contribution in [3.8, 4) is 5.88 Å². The Morgan fingerprint density at radius 1 is 1.44 bits per heavy atom. The molecular formula is C19H28ClN6O7P. The molecule has 2 aromatic heterocycles. The highest BCUT2D eigenvalue weighted by molar-refractivity contribution is 7.51. The van der Waals surface area contributed by atoms with E-state index in [0.29, 0.717) is 17.8 Å². The molecule has 2 saturated heterocycles. The highest BCUT2D eigenvalue weighted by atomic mass is 35.5. The lowest BCUT2D eigenvalue weighted by Gasteiger charge is -2.36. The number of nitrogens with zero attached hydrogens (tertiary/aromatic N) is 4. The molecule has 0 amide bonds. The molecule has 2 aliphatic heterocycles. The lowest BCUT2D eigenvalue weighted by atomic mass is 10.0. The summed E-state index contributed by atoms with van der Waals surface area (Å²) in [6.07, 6.45) is -1.14. The predicted molar refractivity (Wildman–Crippen MR) is 121 cm³/mol. The summed E-state index contributed by atoms with van der Waals surface area (Å²) in [5.74, 6) is -0.341. The number of ether oxygens (including phenoxy) is 3. The van der Waals surface area contributed by atoms with Crippen molar-refractivity contribution in [2.24, 2.45) is 0 Å². The first kappa shape index (κ1) is 25.1. The Kier molecular flexibility index (Phi) is 6.80. The number of hydrogen-bond donors (Lipinski definition) is 2. The topological polar surface area (TPSA) is 162 Å². The van der Waals surface area contributed by atoms with Gasteiger partial charge in [0.15, 0.2) is 17.4 Å². The molecule has 34 heavy (non-hydrogen) atoms. The molecule has 0 saturated carbocycles. The van der Waals surface area contributed by atoms with Crippen LogP contribution in [0.25, 0.3) is 11.2 Å². The number of nitrogens with two attached hydrogens (primary N) is 1. The highest BCUT2D eigenvalue weighted by Gasteiger charge is 2.60. The average molecular weight is 519 g/mol. The standard InChI is InChI=1S/C19H28ClN6O7P/c1-6-29-15-12-14(23-18(21)24-15)26(8-22-12)17-19(5,20)13-11(32-17)7-30-34(28,33-13)25-10(4)16(27)31-9(2)3/h8-11,13,17H,6-7H2,1-5H3,(H,25,28)(H2,21,23,24)/t10-,11-,13-,17-,19-,34?/m1/s1. The van der Waals surface area contributed by atoms with E-state index < -0.39 is 43.1 Å². The molecule has 0 aliphatic carbocycles. The third-order valence-corrected chi connectivity index (χ3v) is 7.44. The summed E-state index contributed by atoms with van der Waals surface area (Å²) >= 11 is 6.93. The molecule has 0 spiro atoms. The normalized spacial score (nSPS) is 32.0. The van der Waals surface area contributed by atoms with Crippen molar-refractivity contribution < 1.29 is 32.6 Å². The number of nitrogen functional groups attached to an aromatic ring is 1. The molecule has 4 heterocycles. The van der Waals surface area contributed by atoms with Crippen LogP contribution in [0.5, 0.6) is 5.88 Å². The fraction of sp³-hybridized carbons (Fsp3) is 0.684. The Hall–Kier alpha value is -2.02. The van der Waals surface area contributed by atoms with Crippen LogP contribution in [-0.2, 0) is 27.9 Å².